The van der Waals surface area contributed by atoms with Crippen molar-refractivity contribution in [3.63, 3.8) is 0 Å². The Morgan fingerprint density at radius 3 is 2.29 bits per heavy atom. The van der Waals surface area contributed by atoms with E-state index in [2.05, 4.69) is 11.4 Å². The minimum absolute atomic E-state index is 0.300. The van der Waals surface area contributed by atoms with Gasteiger partial charge in [0.05, 0.1) is 31.5 Å². The highest BCUT2D eigenvalue weighted by Crippen LogP contribution is 2.33. The Morgan fingerprint density at radius 1 is 1.00 bits per heavy atom. The Labute approximate surface area is 199 Å². The molecule has 176 valence electrons. The predicted octanol–water partition coefficient (Wildman–Crippen LogP) is 4.96. The van der Waals surface area contributed by atoms with Gasteiger partial charge < -0.3 is 24.6 Å². The molecule has 7 nitrogen and oxygen atoms in total. The van der Waals surface area contributed by atoms with E-state index in [1.807, 2.05) is 37.3 Å². The second-order valence-electron chi connectivity index (χ2n) is 7.76. The second-order valence-corrected chi connectivity index (χ2v) is 7.76. The summed E-state index contributed by atoms with van der Waals surface area (Å²) in [6.07, 6.45) is 0. The third-order valence-corrected chi connectivity index (χ3v) is 5.21. The third kappa shape index (κ3) is 6.50. The first kappa shape index (κ1) is 24.6. The standard InChI is InChI=1S/C27H28N2O5/c1-3-33-24-15-22(27(2,26(30)31)29-23-11-9-20(18-28)10-12-23)16-25(17-24)34-14-13-32-19-21-7-5-4-6-8-21/h4-12,15-17,29H,3,13-14,19H2,1-2H3,(H,30,31). The summed E-state index contributed by atoms with van der Waals surface area (Å²) in [6.45, 7) is 5.02. The number of ether oxygens (including phenoxy) is 3. The maximum atomic E-state index is 12.3. The molecular formula is C27H28N2O5. The summed E-state index contributed by atoms with van der Waals surface area (Å²) >= 11 is 0. The Balaban J connectivity index is 1.75. The van der Waals surface area contributed by atoms with Crippen molar-refractivity contribution in [3.05, 3.63) is 89.5 Å². The van der Waals surface area contributed by atoms with Crippen molar-refractivity contribution in [2.24, 2.45) is 0 Å². The number of rotatable bonds is 12. The molecule has 0 saturated carbocycles. The predicted molar refractivity (Wildman–Crippen MR) is 129 cm³/mol. The van der Waals surface area contributed by atoms with Crippen molar-refractivity contribution in [2.45, 2.75) is 26.0 Å². The summed E-state index contributed by atoms with van der Waals surface area (Å²) in [5.41, 5.74) is 1.14. The zero-order valence-electron chi connectivity index (χ0n) is 19.3. The zero-order chi connectivity index (χ0) is 24.4. The molecule has 0 amide bonds. The van der Waals surface area contributed by atoms with E-state index in [4.69, 9.17) is 19.5 Å². The lowest BCUT2D eigenvalue weighted by Gasteiger charge is -2.29. The Morgan fingerprint density at radius 2 is 1.68 bits per heavy atom. The van der Waals surface area contributed by atoms with Crippen LogP contribution in [0.5, 0.6) is 11.5 Å². The van der Waals surface area contributed by atoms with Crippen LogP contribution in [0.25, 0.3) is 0 Å². The first-order chi connectivity index (χ1) is 16.4. The highest BCUT2D eigenvalue weighted by molar-refractivity contribution is 5.84. The van der Waals surface area contributed by atoms with Gasteiger partial charge in [-0.15, -0.1) is 0 Å². The summed E-state index contributed by atoms with van der Waals surface area (Å²) in [7, 11) is 0. The fraction of sp³-hybridized carbons (Fsp3) is 0.259. The van der Waals surface area contributed by atoms with Gasteiger partial charge in [-0.25, -0.2) is 4.79 Å². The molecular weight excluding hydrogens is 432 g/mol. The number of carboxylic acids is 1. The second kappa shape index (κ2) is 11.7. The fourth-order valence-electron chi connectivity index (χ4n) is 3.34. The van der Waals surface area contributed by atoms with Gasteiger partial charge in [0.2, 0.25) is 0 Å². The van der Waals surface area contributed by atoms with Gasteiger partial charge >= 0.3 is 5.97 Å². The molecule has 0 spiro atoms. The van der Waals surface area contributed by atoms with Crippen LogP contribution in [-0.4, -0.2) is 30.9 Å². The van der Waals surface area contributed by atoms with Crippen molar-refractivity contribution >= 4 is 11.7 Å². The molecule has 0 aliphatic carbocycles. The number of anilines is 1. The molecule has 1 atom stereocenters. The molecule has 0 aliphatic rings. The van der Waals surface area contributed by atoms with Crippen molar-refractivity contribution in [2.75, 3.05) is 25.1 Å². The molecule has 0 heterocycles. The number of carbonyl (C=O) groups is 1. The largest absolute Gasteiger partial charge is 0.494 e. The van der Waals surface area contributed by atoms with Crippen LogP contribution in [0.3, 0.4) is 0 Å². The summed E-state index contributed by atoms with van der Waals surface area (Å²) in [5, 5.41) is 22.2. The van der Waals surface area contributed by atoms with E-state index in [-0.39, 0.29) is 0 Å². The van der Waals surface area contributed by atoms with E-state index in [1.54, 1.807) is 49.4 Å². The molecule has 34 heavy (non-hydrogen) atoms. The van der Waals surface area contributed by atoms with E-state index in [0.717, 1.165) is 5.56 Å². The van der Waals surface area contributed by atoms with Crippen LogP contribution >= 0.6 is 0 Å². The quantitative estimate of drug-likeness (QED) is 0.368. The van der Waals surface area contributed by atoms with Crippen molar-refractivity contribution in [1.29, 1.82) is 5.26 Å². The minimum Gasteiger partial charge on any atom is -0.494 e. The Kier molecular flexibility index (Phi) is 8.49. The van der Waals surface area contributed by atoms with Crippen molar-refractivity contribution < 1.29 is 24.1 Å². The minimum atomic E-state index is -1.47. The van der Waals surface area contributed by atoms with Crippen molar-refractivity contribution in [3.8, 4) is 17.6 Å². The first-order valence-electron chi connectivity index (χ1n) is 11.0. The topological polar surface area (TPSA) is 101 Å². The van der Waals surface area contributed by atoms with Crippen LogP contribution in [0.2, 0.25) is 0 Å². The normalized spacial score (nSPS) is 12.3. The number of aliphatic carboxylic acids is 1. The maximum Gasteiger partial charge on any atom is 0.333 e. The van der Waals surface area contributed by atoms with E-state index in [1.165, 1.54) is 0 Å². The molecule has 0 radical (unpaired) electrons. The molecule has 3 aromatic rings. The van der Waals surface area contributed by atoms with Crippen LogP contribution in [0, 0.1) is 11.3 Å². The maximum absolute atomic E-state index is 12.3. The van der Waals surface area contributed by atoms with Gasteiger partial charge in [0, 0.05) is 11.8 Å². The molecule has 0 aliphatic heterocycles. The summed E-state index contributed by atoms with van der Waals surface area (Å²) in [6, 6.07) is 23.6. The molecule has 7 heteroatoms. The van der Waals surface area contributed by atoms with Crippen LogP contribution in [0.15, 0.2) is 72.8 Å². The van der Waals surface area contributed by atoms with Gasteiger partial charge in [-0.1, -0.05) is 30.3 Å². The molecule has 0 fully saturated rings. The highest BCUT2D eigenvalue weighted by Gasteiger charge is 2.36. The number of carboxylic acid groups (broad SMARTS) is 1. The fourth-order valence-corrected chi connectivity index (χ4v) is 3.34. The molecule has 1 unspecified atom stereocenters. The zero-order valence-corrected chi connectivity index (χ0v) is 19.3. The van der Waals surface area contributed by atoms with Crippen molar-refractivity contribution in [1.82, 2.24) is 0 Å². The van der Waals surface area contributed by atoms with Gasteiger partial charge in [-0.05, 0) is 61.4 Å². The van der Waals surface area contributed by atoms with Gasteiger partial charge in [0.15, 0.2) is 5.54 Å². The van der Waals surface area contributed by atoms with Crippen LogP contribution in [-0.2, 0) is 21.7 Å². The van der Waals surface area contributed by atoms with Gasteiger partial charge in [-0.2, -0.15) is 5.26 Å². The van der Waals surface area contributed by atoms with Gasteiger partial charge in [-0.3, -0.25) is 0 Å². The van der Waals surface area contributed by atoms with Gasteiger partial charge in [0.25, 0.3) is 0 Å². The first-order valence-corrected chi connectivity index (χ1v) is 11.0. The van der Waals surface area contributed by atoms with E-state index >= 15 is 0 Å². The third-order valence-electron chi connectivity index (χ3n) is 5.21. The smallest absolute Gasteiger partial charge is 0.333 e. The average Bonchev–Trinajstić information content (AvgIpc) is 2.85. The van der Waals surface area contributed by atoms with Crippen LogP contribution in [0.4, 0.5) is 5.69 Å². The number of nitriles is 1. The lowest BCUT2D eigenvalue weighted by Crippen LogP contribution is -2.40. The molecule has 0 bridgehead atoms. The van der Waals surface area contributed by atoms with Crippen LogP contribution in [0.1, 0.15) is 30.5 Å². The number of benzene rings is 3. The van der Waals surface area contributed by atoms with E-state index in [9.17, 15) is 9.90 Å². The van der Waals surface area contributed by atoms with Crippen LogP contribution < -0.4 is 14.8 Å². The van der Waals surface area contributed by atoms with E-state index < -0.39 is 11.5 Å². The average molecular weight is 461 g/mol. The Hall–Kier alpha value is -4.02. The molecule has 0 aromatic heterocycles. The highest BCUT2D eigenvalue weighted by atomic mass is 16.5. The number of hydrogen-bond donors (Lipinski definition) is 2. The summed E-state index contributed by atoms with van der Waals surface area (Å²) in [5.74, 6) is -0.0738. The lowest BCUT2D eigenvalue weighted by atomic mass is 9.91. The Bertz CT molecular complexity index is 1130. The number of nitrogens with one attached hydrogen (secondary N) is 1. The monoisotopic (exact) mass is 460 g/mol. The van der Waals surface area contributed by atoms with Gasteiger partial charge in [0.1, 0.15) is 18.1 Å². The molecule has 0 saturated heterocycles. The number of hydrogen-bond acceptors (Lipinski definition) is 6. The number of nitrogens with zero attached hydrogens (tertiary/aromatic N) is 1. The van der Waals surface area contributed by atoms with E-state index in [0.29, 0.717) is 54.7 Å². The lowest BCUT2D eigenvalue weighted by molar-refractivity contribution is -0.142. The summed E-state index contributed by atoms with van der Waals surface area (Å²) < 4.78 is 17.2. The molecule has 3 aromatic carbocycles. The molecule has 2 N–H and O–H groups in total. The summed E-state index contributed by atoms with van der Waals surface area (Å²) in [4.78, 5) is 12.3. The SMILES string of the molecule is CCOc1cc(OCCOCc2ccccc2)cc(C(C)(Nc2ccc(C#N)cc2)C(=O)O)c1. The molecule has 3 rings (SSSR count).